The summed E-state index contributed by atoms with van der Waals surface area (Å²) in [7, 11) is 0. The van der Waals surface area contributed by atoms with E-state index in [0.717, 1.165) is 16.7 Å². The fourth-order valence-corrected chi connectivity index (χ4v) is 2.22. The summed E-state index contributed by atoms with van der Waals surface area (Å²) >= 11 is 5.77. The minimum Gasteiger partial charge on any atom is -0.351 e. The summed E-state index contributed by atoms with van der Waals surface area (Å²) in [6.07, 6.45) is -1.05. The monoisotopic (exact) mass is 327 g/mol. The number of carbonyl (C=O) groups excluding carboxylic acids is 1. The fourth-order valence-electron chi connectivity index (χ4n) is 1.98. The van der Waals surface area contributed by atoms with Crippen LogP contribution in [0.2, 0.25) is 5.02 Å². The summed E-state index contributed by atoms with van der Waals surface area (Å²) in [6, 6.07) is 2.14. The van der Waals surface area contributed by atoms with E-state index >= 15 is 0 Å². The van der Waals surface area contributed by atoms with Crippen LogP contribution < -0.4 is 11.1 Å². The van der Waals surface area contributed by atoms with E-state index in [9.17, 15) is 24.5 Å². The second kappa shape index (κ2) is 6.08. The van der Waals surface area contributed by atoms with Gasteiger partial charge in [0, 0.05) is 12.7 Å². The molecule has 1 atom stereocenters. The predicted molar refractivity (Wildman–Crippen MR) is 77.2 cm³/mol. The first kappa shape index (κ1) is 15.9. The van der Waals surface area contributed by atoms with Gasteiger partial charge in [-0.15, -0.1) is 0 Å². The van der Waals surface area contributed by atoms with Crippen molar-refractivity contribution in [1.29, 1.82) is 0 Å². The smallest absolute Gasteiger partial charge is 0.319 e. The van der Waals surface area contributed by atoms with Gasteiger partial charge < -0.3 is 9.72 Å². The molecule has 10 heteroatoms. The highest BCUT2D eigenvalue weighted by atomic mass is 35.5. The first-order valence-corrected chi connectivity index (χ1v) is 6.47. The zero-order chi connectivity index (χ0) is 16.4. The minimum absolute atomic E-state index is 0.0359. The Kier molecular flexibility index (Phi) is 4.38. The van der Waals surface area contributed by atoms with E-state index in [0.29, 0.717) is 6.29 Å². The number of hydrogen-bond donors (Lipinski definition) is 1. The van der Waals surface area contributed by atoms with Gasteiger partial charge in [0.25, 0.3) is 5.69 Å². The van der Waals surface area contributed by atoms with E-state index in [1.54, 1.807) is 6.92 Å². The number of rotatable bonds is 5. The number of fused-ring (bicyclic) bond motifs is 1. The summed E-state index contributed by atoms with van der Waals surface area (Å²) in [4.78, 5) is 47.3. The molecule has 0 aliphatic rings. The van der Waals surface area contributed by atoms with Gasteiger partial charge in [-0.3, -0.25) is 29.1 Å². The molecule has 0 aliphatic heterocycles. The second-order valence-electron chi connectivity index (χ2n) is 4.19. The SMILES string of the molecule is CCOC(C=O)n1c(=O)c(=O)[nH]c2cc(Cl)c([N+](=O)[O-])cc21. The molecule has 116 valence electrons. The van der Waals surface area contributed by atoms with Crippen LogP contribution in [0.25, 0.3) is 11.0 Å². The highest BCUT2D eigenvalue weighted by Crippen LogP contribution is 2.28. The number of nitro benzene ring substituents is 1. The van der Waals surface area contributed by atoms with Gasteiger partial charge in [0.1, 0.15) is 5.02 Å². The number of aromatic amines is 1. The molecule has 22 heavy (non-hydrogen) atoms. The van der Waals surface area contributed by atoms with Gasteiger partial charge in [0.15, 0.2) is 12.5 Å². The van der Waals surface area contributed by atoms with Gasteiger partial charge in [-0.2, -0.15) is 0 Å². The number of nitro groups is 1. The van der Waals surface area contributed by atoms with E-state index in [1.807, 2.05) is 0 Å². The van der Waals surface area contributed by atoms with Crippen molar-refractivity contribution in [3.8, 4) is 0 Å². The number of halogens is 1. The van der Waals surface area contributed by atoms with E-state index in [-0.39, 0.29) is 22.7 Å². The number of nitrogens with one attached hydrogen (secondary N) is 1. The van der Waals surface area contributed by atoms with Crippen molar-refractivity contribution in [2.75, 3.05) is 6.61 Å². The largest absolute Gasteiger partial charge is 0.351 e. The van der Waals surface area contributed by atoms with Crippen LogP contribution in [-0.2, 0) is 9.53 Å². The zero-order valence-corrected chi connectivity index (χ0v) is 12.0. The molecule has 0 radical (unpaired) electrons. The van der Waals surface area contributed by atoms with Crippen molar-refractivity contribution in [2.24, 2.45) is 0 Å². The maximum absolute atomic E-state index is 12.0. The number of hydrogen-bond acceptors (Lipinski definition) is 6. The zero-order valence-electron chi connectivity index (χ0n) is 11.2. The Morgan fingerprint density at radius 3 is 2.73 bits per heavy atom. The number of aromatic nitrogens is 2. The van der Waals surface area contributed by atoms with Gasteiger partial charge in [-0.05, 0) is 13.0 Å². The molecular formula is C12H10ClN3O6. The van der Waals surface area contributed by atoms with Gasteiger partial charge in [-0.25, -0.2) is 0 Å². The molecule has 1 N–H and O–H groups in total. The molecule has 2 rings (SSSR count). The third kappa shape index (κ3) is 2.63. The number of ether oxygens (including phenoxy) is 1. The lowest BCUT2D eigenvalue weighted by molar-refractivity contribution is -0.384. The first-order valence-electron chi connectivity index (χ1n) is 6.10. The molecule has 9 nitrogen and oxygen atoms in total. The maximum Gasteiger partial charge on any atom is 0.319 e. The third-order valence-corrected chi connectivity index (χ3v) is 3.19. The Hall–Kier alpha value is -2.52. The molecule has 0 saturated carbocycles. The van der Waals surface area contributed by atoms with Gasteiger partial charge in [0.05, 0.1) is 16.0 Å². The van der Waals surface area contributed by atoms with E-state index in [1.165, 1.54) is 0 Å². The average molecular weight is 328 g/mol. The summed E-state index contributed by atoms with van der Waals surface area (Å²) < 4.78 is 5.85. The molecular weight excluding hydrogens is 318 g/mol. The number of nitrogens with zero attached hydrogens (tertiary/aromatic N) is 2. The third-order valence-electron chi connectivity index (χ3n) is 2.89. The molecule has 0 amide bonds. The predicted octanol–water partition coefficient (Wildman–Crippen LogP) is 0.985. The molecule has 1 aromatic carbocycles. The van der Waals surface area contributed by atoms with Crippen molar-refractivity contribution in [1.82, 2.24) is 9.55 Å². The molecule has 0 spiro atoms. The molecule has 1 unspecified atom stereocenters. The van der Waals surface area contributed by atoms with Gasteiger partial charge >= 0.3 is 11.1 Å². The summed E-state index contributed by atoms with van der Waals surface area (Å²) in [6.45, 7) is 1.69. The Labute approximate surface area is 127 Å². The summed E-state index contributed by atoms with van der Waals surface area (Å²) in [5.41, 5.74) is -2.48. The summed E-state index contributed by atoms with van der Waals surface area (Å²) in [5, 5.41) is 10.7. The normalized spacial score (nSPS) is 12.3. The van der Waals surface area contributed by atoms with Gasteiger partial charge in [-0.1, -0.05) is 11.6 Å². The lowest BCUT2D eigenvalue weighted by Gasteiger charge is -2.16. The Morgan fingerprint density at radius 1 is 1.50 bits per heavy atom. The number of aldehydes is 1. The van der Waals surface area contributed by atoms with Crippen LogP contribution in [0, 0.1) is 10.1 Å². The van der Waals surface area contributed by atoms with Crippen molar-refractivity contribution >= 4 is 34.6 Å². The Balaban J connectivity index is 2.93. The number of benzene rings is 1. The number of carbonyl (C=O) groups is 1. The lowest BCUT2D eigenvalue weighted by Crippen LogP contribution is -2.39. The van der Waals surface area contributed by atoms with Crippen molar-refractivity contribution in [3.05, 3.63) is 48.0 Å². The van der Waals surface area contributed by atoms with Crippen molar-refractivity contribution < 1.29 is 14.5 Å². The highest BCUT2D eigenvalue weighted by Gasteiger charge is 2.21. The van der Waals surface area contributed by atoms with Crippen LogP contribution in [-0.4, -0.2) is 27.4 Å². The first-order chi connectivity index (χ1) is 10.4. The van der Waals surface area contributed by atoms with E-state index < -0.39 is 28.0 Å². The Bertz CT molecular complexity index is 872. The number of H-pyrrole nitrogens is 1. The van der Waals surface area contributed by atoms with Crippen LogP contribution in [0.5, 0.6) is 0 Å². The molecule has 0 bridgehead atoms. The van der Waals surface area contributed by atoms with Crippen molar-refractivity contribution in [2.45, 2.75) is 13.2 Å². The molecule has 0 fully saturated rings. The van der Waals surface area contributed by atoms with Crippen LogP contribution in [0.3, 0.4) is 0 Å². The topological polar surface area (TPSA) is 124 Å². The van der Waals surface area contributed by atoms with E-state index in [4.69, 9.17) is 16.3 Å². The van der Waals surface area contributed by atoms with Crippen LogP contribution >= 0.6 is 11.6 Å². The summed E-state index contributed by atoms with van der Waals surface area (Å²) in [5.74, 6) is 0. The van der Waals surface area contributed by atoms with Crippen molar-refractivity contribution in [3.63, 3.8) is 0 Å². The molecule has 0 saturated heterocycles. The second-order valence-corrected chi connectivity index (χ2v) is 4.60. The highest BCUT2D eigenvalue weighted by molar-refractivity contribution is 6.33. The fraction of sp³-hybridized carbons (Fsp3) is 0.250. The van der Waals surface area contributed by atoms with Crippen LogP contribution in [0.4, 0.5) is 5.69 Å². The molecule has 2 aromatic rings. The van der Waals surface area contributed by atoms with Crippen LogP contribution in [0.1, 0.15) is 13.2 Å². The molecule has 1 aromatic heterocycles. The molecule has 0 aliphatic carbocycles. The maximum atomic E-state index is 12.0. The van der Waals surface area contributed by atoms with E-state index in [2.05, 4.69) is 4.98 Å². The average Bonchev–Trinajstić information content (AvgIpc) is 2.46. The minimum atomic E-state index is -1.37. The van der Waals surface area contributed by atoms with Crippen LogP contribution in [0.15, 0.2) is 21.7 Å². The Morgan fingerprint density at radius 2 is 2.18 bits per heavy atom. The molecule has 1 heterocycles. The quantitative estimate of drug-likeness (QED) is 0.378. The van der Waals surface area contributed by atoms with Gasteiger partial charge in [0.2, 0.25) is 0 Å². The standard InChI is InChI=1S/C12H10ClN3O6/c1-2-22-10(5-17)15-9-4-8(16(20)21)6(13)3-7(9)14-11(18)12(15)19/h3-5,10H,2H2,1H3,(H,14,18). The lowest BCUT2D eigenvalue weighted by atomic mass is 10.2.